The Morgan fingerprint density at radius 3 is 2.55 bits per heavy atom. The third-order valence-electron chi connectivity index (χ3n) is 3.21. The molecule has 22 heavy (non-hydrogen) atoms. The number of hydrogen-bond donors (Lipinski definition) is 1. The molecule has 0 radical (unpaired) electrons. The number of carbonyl (C=O) groups excluding carboxylic acids is 1. The minimum Gasteiger partial charge on any atom is -0.497 e. The van der Waals surface area contributed by atoms with E-state index < -0.39 is 0 Å². The highest BCUT2D eigenvalue weighted by Gasteiger charge is 2.05. The summed E-state index contributed by atoms with van der Waals surface area (Å²) in [5, 5.41) is 10.6. The lowest BCUT2D eigenvalue weighted by atomic mass is 10.2. The van der Waals surface area contributed by atoms with Gasteiger partial charge >= 0.3 is 0 Å². The molecule has 0 spiro atoms. The van der Waals surface area contributed by atoms with Crippen molar-refractivity contribution in [1.29, 1.82) is 0 Å². The molecule has 1 amide bonds. The van der Waals surface area contributed by atoms with Gasteiger partial charge in [0.1, 0.15) is 5.75 Å². The number of ether oxygens (including phenoxy) is 2. The third kappa shape index (κ3) is 4.44. The van der Waals surface area contributed by atoms with Crippen molar-refractivity contribution in [3.63, 3.8) is 0 Å². The molecule has 116 valence electrons. The van der Waals surface area contributed by atoms with Crippen LogP contribution in [0.5, 0.6) is 11.6 Å². The fourth-order valence-corrected chi connectivity index (χ4v) is 1.73. The predicted molar refractivity (Wildman–Crippen MR) is 81.8 cm³/mol. The number of nitrogens with zero attached hydrogens (tertiary/aromatic N) is 2. The Bertz CT molecular complexity index is 642. The van der Waals surface area contributed by atoms with E-state index >= 15 is 0 Å². The van der Waals surface area contributed by atoms with Gasteiger partial charge in [-0.1, -0.05) is 12.1 Å². The van der Waals surface area contributed by atoms with Crippen molar-refractivity contribution in [2.24, 2.45) is 0 Å². The SMILES string of the molecule is COc1ccc(CNC(=O)COc2cc(C)c(C)nn2)cc1. The van der Waals surface area contributed by atoms with Crippen molar-refractivity contribution < 1.29 is 14.3 Å². The van der Waals surface area contributed by atoms with Gasteiger partial charge in [-0.2, -0.15) is 5.10 Å². The Balaban J connectivity index is 1.78. The van der Waals surface area contributed by atoms with E-state index in [2.05, 4.69) is 15.5 Å². The maximum atomic E-state index is 11.8. The van der Waals surface area contributed by atoms with E-state index in [1.54, 1.807) is 13.2 Å². The minimum atomic E-state index is -0.212. The minimum absolute atomic E-state index is 0.0899. The fraction of sp³-hybridized carbons (Fsp3) is 0.312. The molecule has 0 atom stereocenters. The average molecular weight is 301 g/mol. The van der Waals surface area contributed by atoms with E-state index in [-0.39, 0.29) is 12.5 Å². The van der Waals surface area contributed by atoms with E-state index in [9.17, 15) is 4.79 Å². The van der Waals surface area contributed by atoms with Crippen LogP contribution in [0.25, 0.3) is 0 Å². The van der Waals surface area contributed by atoms with Gasteiger partial charge in [0.15, 0.2) is 6.61 Å². The number of hydrogen-bond acceptors (Lipinski definition) is 5. The summed E-state index contributed by atoms with van der Waals surface area (Å²) in [7, 11) is 1.61. The second kappa shape index (κ2) is 7.40. The molecule has 1 aromatic carbocycles. The first-order chi connectivity index (χ1) is 10.6. The van der Waals surface area contributed by atoms with E-state index in [4.69, 9.17) is 9.47 Å². The molecule has 6 nitrogen and oxygen atoms in total. The number of nitrogens with one attached hydrogen (secondary N) is 1. The molecule has 0 unspecified atom stereocenters. The summed E-state index contributed by atoms with van der Waals surface area (Å²) in [6.45, 7) is 4.13. The topological polar surface area (TPSA) is 73.3 Å². The van der Waals surface area contributed by atoms with E-state index in [0.29, 0.717) is 12.4 Å². The van der Waals surface area contributed by atoms with Crippen LogP contribution >= 0.6 is 0 Å². The summed E-state index contributed by atoms with van der Waals surface area (Å²) in [6.07, 6.45) is 0. The van der Waals surface area contributed by atoms with Gasteiger partial charge in [0, 0.05) is 12.6 Å². The largest absolute Gasteiger partial charge is 0.497 e. The van der Waals surface area contributed by atoms with Gasteiger partial charge in [0.2, 0.25) is 5.88 Å². The van der Waals surface area contributed by atoms with Crippen LogP contribution in [0.3, 0.4) is 0 Å². The first-order valence-electron chi connectivity index (χ1n) is 6.92. The number of aryl methyl sites for hydroxylation is 2. The smallest absolute Gasteiger partial charge is 0.258 e. The molecule has 0 aliphatic carbocycles. The van der Waals surface area contributed by atoms with Crippen LogP contribution in [0, 0.1) is 13.8 Å². The lowest BCUT2D eigenvalue weighted by Crippen LogP contribution is -2.28. The van der Waals surface area contributed by atoms with Gasteiger partial charge in [0.25, 0.3) is 5.91 Å². The quantitative estimate of drug-likeness (QED) is 0.880. The number of benzene rings is 1. The van der Waals surface area contributed by atoms with E-state index in [1.165, 1.54) is 0 Å². The highest BCUT2D eigenvalue weighted by atomic mass is 16.5. The maximum absolute atomic E-state index is 11.8. The Morgan fingerprint density at radius 1 is 1.18 bits per heavy atom. The Hall–Kier alpha value is -2.63. The normalized spacial score (nSPS) is 10.1. The zero-order valence-electron chi connectivity index (χ0n) is 12.9. The summed E-state index contributed by atoms with van der Waals surface area (Å²) >= 11 is 0. The summed E-state index contributed by atoms with van der Waals surface area (Å²) in [4.78, 5) is 11.8. The van der Waals surface area contributed by atoms with Crippen LogP contribution in [0.2, 0.25) is 0 Å². The van der Waals surface area contributed by atoms with Crippen molar-refractivity contribution >= 4 is 5.91 Å². The molecule has 0 bridgehead atoms. The highest BCUT2D eigenvalue weighted by Crippen LogP contribution is 2.11. The van der Waals surface area contributed by atoms with Crippen LogP contribution in [0.1, 0.15) is 16.8 Å². The van der Waals surface area contributed by atoms with Gasteiger partial charge < -0.3 is 14.8 Å². The van der Waals surface area contributed by atoms with Crippen LogP contribution in [-0.2, 0) is 11.3 Å². The van der Waals surface area contributed by atoms with Gasteiger partial charge in [-0.3, -0.25) is 4.79 Å². The summed E-state index contributed by atoms with van der Waals surface area (Å²) in [5.41, 5.74) is 2.81. The van der Waals surface area contributed by atoms with Crippen molar-refractivity contribution in [2.45, 2.75) is 20.4 Å². The van der Waals surface area contributed by atoms with E-state index in [0.717, 1.165) is 22.6 Å². The van der Waals surface area contributed by atoms with Crippen molar-refractivity contribution in [3.8, 4) is 11.6 Å². The molecule has 2 aromatic rings. The fourth-order valence-electron chi connectivity index (χ4n) is 1.73. The molecule has 1 N–H and O–H groups in total. The van der Waals surface area contributed by atoms with E-state index in [1.807, 2.05) is 38.1 Å². The number of amides is 1. The van der Waals surface area contributed by atoms with Crippen molar-refractivity contribution in [2.75, 3.05) is 13.7 Å². The maximum Gasteiger partial charge on any atom is 0.258 e. The zero-order chi connectivity index (χ0) is 15.9. The third-order valence-corrected chi connectivity index (χ3v) is 3.21. The van der Waals surface area contributed by atoms with Crippen LogP contribution in [0.15, 0.2) is 30.3 Å². The standard InChI is InChI=1S/C16H19N3O3/c1-11-8-16(19-18-12(11)2)22-10-15(20)17-9-13-4-6-14(21-3)7-5-13/h4-8H,9-10H2,1-3H3,(H,17,20). The van der Waals surface area contributed by atoms with Crippen LogP contribution in [-0.4, -0.2) is 29.8 Å². The molecular weight excluding hydrogens is 282 g/mol. The lowest BCUT2D eigenvalue weighted by molar-refractivity contribution is -0.123. The summed E-state index contributed by atoms with van der Waals surface area (Å²) in [5.74, 6) is 0.922. The first kappa shape index (κ1) is 15.8. The predicted octanol–water partition coefficient (Wildman–Crippen LogP) is 1.80. The van der Waals surface area contributed by atoms with Gasteiger partial charge in [-0.05, 0) is 37.1 Å². The Labute approximate surface area is 129 Å². The van der Waals surface area contributed by atoms with Crippen LogP contribution in [0.4, 0.5) is 0 Å². The van der Waals surface area contributed by atoms with Gasteiger partial charge in [-0.25, -0.2) is 0 Å². The molecule has 6 heteroatoms. The number of rotatable bonds is 6. The molecular formula is C16H19N3O3. The summed E-state index contributed by atoms with van der Waals surface area (Å²) in [6, 6.07) is 9.26. The number of carbonyl (C=O) groups is 1. The molecule has 0 saturated carbocycles. The second-order valence-electron chi connectivity index (χ2n) is 4.86. The van der Waals surface area contributed by atoms with Crippen LogP contribution < -0.4 is 14.8 Å². The van der Waals surface area contributed by atoms with Gasteiger partial charge in [0.05, 0.1) is 12.8 Å². The number of aromatic nitrogens is 2. The summed E-state index contributed by atoms with van der Waals surface area (Å²) < 4.78 is 10.4. The molecule has 0 aliphatic heterocycles. The number of methoxy groups -OCH3 is 1. The molecule has 0 fully saturated rings. The molecule has 2 rings (SSSR count). The molecule has 0 saturated heterocycles. The average Bonchev–Trinajstić information content (AvgIpc) is 2.54. The lowest BCUT2D eigenvalue weighted by Gasteiger charge is -2.08. The van der Waals surface area contributed by atoms with Crippen molar-refractivity contribution in [3.05, 3.63) is 47.2 Å². The van der Waals surface area contributed by atoms with Crippen molar-refractivity contribution in [1.82, 2.24) is 15.5 Å². The second-order valence-corrected chi connectivity index (χ2v) is 4.86. The Morgan fingerprint density at radius 2 is 1.91 bits per heavy atom. The van der Waals surface area contributed by atoms with Gasteiger partial charge in [-0.15, -0.1) is 5.10 Å². The monoisotopic (exact) mass is 301 g/mol. The zero-order valence-corrected chi connectivity index (χ0v) is 12.9. The first-order valence-corrected chi connectivity index (χ1v) is 6.92. The molecule has 0 aliphatic rings. The highest BCUT2D eigenvalue weighted by molar-refractivity contribution is 5.77. The Kier molecular flexibility index (Phi) is 5.30. The molecule has 1 aromatic heterocycles. The molecule has 1 heterocycles.